The number of anilines is 1. The maximum atomic E-state index is 11.9. The predicted molar refractivity (Wildman–Crippen MR) is 71.2 cm³/mol. The molecule has 3 N–H and O–H groups in total. The molecule has 0 spiro atoms. The average molecular weight is 266 g/mol. The average Bonchev–Trinajstić information content (AvgIpc) is 2.38. The Morgan fingerprint density at radius 2 is 1.89 bits per heavy atom. The van der Waals surface area contributed by atoms with Crippen LogP contribution in [0.1, 0.15) is 12.0 Å². The van der Waals surface area contributed by atoms with E-state index in [1.54, 1.807) is 19.2 Å². The minimum absolute atomic E-state index is 0.0250. The molecule has 0 aliphatic heterocycles. The number of nitrogens with zero attached hydrogens (tertiary/aromatic N) is 1. The molecule has 1 aromatic carbocycles. The third kappa shape index (κ3) is 4.26. The third-order valence-electron chi connectivity index (χ3n) is 2.74. The zero-order valence-electron chi connectivity index (χ0n) is 11.0. The lowest BCUT2D eigenvalue weighted by molar-refractivity contribution is -0.139. The molecule has 0 radical (unpaired) electrons. The van der Waals surface area contributed by atoms with Crippen LogP contribution in [0.15, 0.2) is 24.3 Å². The quantitative estimate of drug-likeness (QED) is 0.741. The first-order chi connectivity index (χ1) is 8.95. The van der Waals surface area contributed by atoms with Crippen molar-refractivity contribution in [2.24, 2.45) is 0 Å². The number of hydrogen-bond acceptors (Lipinski definition) is 3. The van der Waals surface area contributed by atoms with Gasteiger partial charge in [0.05, 0.1) is 0 Å². The van der Waals surface area contributed by atoms with E-state index in [4.69, 9.17) is 10.2 Å². The summed E-state index contributed by atoms with van der Waals surface area (Å²) in [4.78, 5) is 24.1. The van der Waals surface area contributed by atoms with Crippen molar-refractivity contribution in [3.05, 3.63) is 29.8 Å². The highest BCUT2D eigenvalue weighted by atomic mass is 16.4. The molecule has 0 unspecified atom stereocenters. The van der Waals surface area contributed by atoms with Gasteiger partial charge in [-0.1, -0.05) is 17.7 Å². The molecule has 1 atom stereocenters. The third-order valence-corrected chi connectivity index (χ3v) is 2.74. The van der Waals surface area contributed by atoms with Crippen molar-refractivity contribution in [3.63, 3.8) is 0 Å². The van der Waals surface area contributed by atoms with E-state index in [1.807, 2.05) is 19.1 Å². The summed E-state index contributed by atoms with van der Waals surface area (Å²) < 4.78 is 0. The van der Waals surface area contributed by atoms with Crippen LogP contribution in [-0.4, -0.2) is 41.9 Å². The van der Waals surface area contributed by atoms with Crippen LogP contribution in [0.25, 0.3) is 0 Å². The molecular formula is C13H18N2O4. The summed E-state index contributed by atoms with van der Waals surface area (Å²) in [6, 6.07) is 5.66. The number of nitrogens with one attached hydrogen (secondary N) is 1. The van der Waals surface area contributed by atoms with Gasteiger partial charge in [-0.05, 0) is 19.1 Å². The highest BCUT2D eigenvalue weighted by molar-refractivity contribution is 5.93. The summed E-state index contributed by atoms with van der Waals surface area (Å²) in [7, 11) is 1.55. The summed E-state index contributed by atoms with van der Waals surface area (Å²) in [6.07, 6.45) is -0.0250. The minimum Gasteiger partial charge on any atom is -0.480 e. The number of hydrogen-bond donors (Lipinski definition) is 3. The van der Waals surface area contributed by atoms with Crippen molar-refractivity contribution in [1.29, 1.82) is 0 Å². The van der Waals surface area contributed by atoms with Gasteiger partial charge in [-0.3, -0.25) is 4.90 Å². The number of urea groups is 1. The van der Waals surface area contributed by atoms with Crippen LogP contribution >= 0.6 is 0 Å². The number of amides is 2. The smallest absolute Gasteiger partial charge is 0.326 e. The Morgan fingerprint density at radius 1 is 1.32 bits per heavy atom. The van der Waals surface area contributed by atoms with Crippen LogP contribution in [0.5, 0.6) is 0 Å². The Morgan fingerprint density at radius 3 is 2.37 bits per heavy atom. The fourth-order valence-corrected chi connectivity index (χ4v) is 1.52. The predicted octanol–water partition coefficient (Wildman–Crippen LogP) is 0.976. The first kappa shape index (κ1) is 15.0. The molecule has 104 valence electrons. The van der Waals surface area contributed by atoms with E-state index in [0.29, 0.717) is 5.69 Å². The Hall–Kier alpha value is -2.08. The monoisotopic (exact) mass is 266 g/mol. The van der Waals surface area contributed by atoms with Gasteiger partial charge in [-0.25, -0.2) is 9.59 Å². The SMILES string of the molecule is Cc1ccc(N(C)C(=O)N[C@@H](CCO)C(=O)O)cc1. The van der Waals surface area contributed by atoms with Gasteiger partial charge in [0, 0.05) is 25.8 Å². The van der Waals surface area contributed by atoms with Gasteiger partial charge >= 0.3 is 12.0 Å². The molecule has 0 aromatic heterocycles. The molecule has 0 saturated carbocycles. The van der Waals surface area contributed by atoms with E-state index in [1.165, 1.54) is 4.90 Å². The highest BCUT2D eigenvalue weighted by Gasteiger charge is 2.21. The van der Waals surface area contributed by atoms with Crippen molar-refractivity contribution in [1.82, 2.24) is 5.32 Å². The highest BCUT2D eigenvalue weighted by Crippen LogP contribution is 2.13. The van der Waals surface area contributed by atoms with Crippen molar-refractivity contribution in [3.8, 4) is 0 Å². The number of aryl methyl sites for hydroxylation is 1. The molecule has 0 aliphatic rings. The van der Waals surface area contributed by atoms with Crippen LogP contribution in [0.4, 0.5) is 10.5 Å². The summed E-state index contributed by atoms with van der Waals surface area (Å²) in [6.45, 7) is 1.64. The summed E-state index contributed by atoms with van der Waals surface area (Å²) >= 11 is 0. The number of aliphatic hydroxyl groups is 1. The molecule has 0 fully saturated rings. The van der Waals surface area contributed by atoms with Crippen LogP contribution in [-0.2, 0) is 4.79 Å². The van der Waals surface area contributed by atoms with Gasteiger partial charge < -0.3 is 15.5 Å². The fraction of sp³-hybridized carbons (Fsp3) is 0.385. The van der Waals surface area contributed by atoms with Crippen LogP contribution in [0.3, 0.4) is 0 Å². The summed E-state index contributed by atoms with van der Waals surface area (Å²) in [5.74, 6) is -1.17. The van der Waals surface area contributed by atoms with Crippen molar-refractivity contribution >= 4 is 17.7 Å². The summed E-state index contributed by atoms with van der Waals surface area (Å²) in [5, 5.41) is 20.0. The lowest BCUT2D eigenvalue weighted by Gasteiger charge is -2.21. The standard InChI is InChI=1S/C13H18N2O4/c1-9-3-5-10(6-4-9)15(2)13(19)14-11(7-8-16)12(17)18/h3-6,11,16H,7-8H2,1-2H3,(H,14,19)(H,17,18)/t11-/m0/s1. The number of aliphatic carboxylic acids is 1. The number of carboxylic acid groups (broad SMARTS) is 1. The normalized spacial score (nSPS) is 11.7. The number of carbonyl (C=O) groups is 2. The second-order valence-corrected chi connectivity index (χ2v) is 4.25. The van der Waals surface area contributed by atoms with Crippen molar-refractivity contribution < 1.29 is 19.8 Å². The largest absolute Gasteiger partial charge is 0.480 e. The van der Waals surface area contributed by atoms with Gasteiger partial charge in [0.1, 0.15) is 6.04 Å². The number of rotatable bonds is 5. The Labute approximate surface area is 111 Å². The zero-order valence-corrected chi connectivity index (χ0v) is 11.0. The number of benzene rings is 1. The first-order valence-electron chi connectivity index (χ1n) is 5.90. The molecule has 0 saturated heterocycles. The van der Waals surface area contributed by atoms with Gasteiger partial charge in [0.2, 0.25) is 0 Å². The van der Waals surface area contributed by atoms with Gasteiger partial charge in [-0.15, -0.1) is 0 Å². The number of aliphatic hydroxyl groups excluding tert-OH is 1. The lowest BCUT2D eigenvalue weighted by Crippen LogP contribution is -2.47. The van der Waals surface area contributed by atoms with E-state index < -0.39 is 18.0 Å². The van der Waals surface area contributed by atoms with Crippen LogP contribution in [0, 0.1) is 6.92 Å². The van der Waals surface area contributed by atoms with Crippen molar-refractivity contribution in [2.45, 2.75) is 19.4 Å². The molecular weight excluding hydrogens is 248 g/mol. The summed E-state index contributed by atoms with van der Waals surface area (Å²) in [5.41, 5.74) is 1.73. The van der Waals surface area contributed by atoms with E-state index in [0.717, 1.165) is 5.56 Å². The van der Waals surface area contributed by atoms with E-state index in [2.05, 4.69) is 5.32 Å². The topological polar surface area (TPSA) is 89.9 Å². The molecule has 2 amide bonds. The molecule has 6 heteroatoms. The number of carboxylic acids is 1. The zero-order chi connectivity index (χ0) is 14.4. The van der Waals surface area contributed by atoms with Gasteiger partial charge in [-0.2, -0.15) is 0 Å². The second-order valence-electron chi connectivity index (χ2n) is 4.25. The van der Waals surface area contributed by atoms with Gasteiger partial charge in [0.15, 0.2) is 0 Å². The van der Waals surface area contributed by atoms with Crippen molar-refractivity contribution in [2.75, 3.05) is 18.6 Å². The maximum Gasteiger partial charge on any atom is 0.326 e. The molecule has 1 aromatic rings. The minimum atomic E-state index is -1.17. The maximum absolute atomic E-state index is 11.9. The Balaban J connectivity index is 2.71. The molecule has 0 aliphatic carbocycles. The molecule has 0 heterocycles. The first-order valence-corrected chi connectivity index (χ1v) is 5.90. The fourth-order valence-electron chi connectivity index (χ4n) is 1.52. The van der Waals surface area contributed by atoms with Crippen LogP contribution < -0.4 is 10.2 Å². The Bertz CT molecular complexity index is 444. The lowest BCUT2D eigenvalue weighted by atomic mass is 10.2. The number of carbonyl (C=O) groups excluding carboxylic acids is 1. The van der Waals surface area contributed by atoms with E-state index in [9.17, 15) is 9.59 Å². The van der Waals surface area contributed by atoms with E-state index >= 15 is 0 Å². The molecule has 6 nitrogen and oxygen atoms in total. The Kier molecular flexibility index (Phi) is 5.32. The van der Waals surface area contributed by atoms with Crippen LogP contribution in [0.2, 0.25) is 0 Å². The van der Waals surface area contributed by atoms with Gasteiger partial charge in [0.25, 0.3) is 0 Å². The molecule has 19 heavy (non-hydrogen) atoms. The second kappa shape index (κ2) is 6.75. The molecule has 0 bridgehead atoms. The van der Waals surface area contributed by atoms with E-state index in [-0.39, 0.29) is 13.0 Å². The molecule has 1 rings (SSSR count).